The molecule has 1 saturated heterocycles. The van der Waals surface area contributed by atoms with Crippen molar-refractivity contribution < 1.29 is 13.2 Å². The number of hydrogen-bond acceptors (Lipinski definition) is 4. The molecule has 1 saturated carbocycles. The number of nitrogens with zero attached hydrogens (tertiary/aromatic N) is 3. The molecule has 1 amide bonds. The van der Waals surface area contributed by atoms with Crippen LogP contribution in [0.25, 0.3) is 0 Å². The molecule has 0 radical (unpaired) electrons. The van der Waals surface area contributed by atoms with Crippen LogP contribution in [0.15, 0.2) is 30.3 Å². The van der Waals surface area contributed by atoms with Crippen LogP contribution in [-0.2, 0) is 16.3 Å². The summed E-state index contributed by atoms with van der Waals surface area (Å²) in [6.07, 6.45) is 3.62. The quantitative estimate of drug-likeness (QED) is 0.830. The highest BCUT2D eigenvalue weighted by molar-refractivity contribution is 7.91. The predicted molar refractivity (Wildman–Crippen MR) is 98.3 cm³/mol. The minimum atomic E-state index is -2.99. The number of para-hydroxylation sites is 1. The highest BCUT2D eigenvalue weighted by atomic mass is 32.2. The number of anilines is 1. The lowest BCUT2D eigenvalue weighted by Gasteiger charge is -2.16. The lowest BCUT2D eigenvalue weighted by Crippen LogP contribution is -2.29. The summed E-state index contributed by atoms with van der Waals surface area (Å²) >= 11 is 0. The molecule has 0 spiro atoms. The van der Waals surface area contributed by atoms with Gasteiger partial charge in [-0.2, -0.15) is 5.10 Å². The maximum Gasteiger partial charge on any atom is 0.278 e. The van der Waals surface area contributed by atoms with E-state index in [4.69, 9.17) is 0 Å². The predicted octanol–water partition coefficient (Wildman–Crippen LogP) is 2.32. The second kappa shape index (κ2) is 5.67. The van der Waals surface area contributed by atoms with Crippen molar-refractivity contribution in [1.82, 2.24) is 9.78 Å². The molecule has 2 aliphatic heterocycles. The standard InChI is InChI=1S/C19H21N3O3S/c23-19(21-9-7-13-3-1-2-4-17(13)21)16-11-18(14-5-6-14)22(20-16)15-8-10-26(24,25)12-15/h1-4,11,14-15H,5-10,12H2/t15-/m1/s1. The van der Waals surface area contributed by atoms with Gasteiger partial charge in [-0.15, -0.1) is 0 Å². The van der Waals surface area contributed by atoms with E-state index in [2.05, 4.69) is 11.2 Å². The molecule has 3 aliphatic rings. The first-order chi connectivity index (χ1) is 12.5. The summed E-state index contributed by atoms with van der Waals surface area (Å²) in [5.74, 6) is 0.675. The van der Waals surface area contributed by atoms with Gasteiger partial charge in [0.25, 0.3) is 5.91 Å². The van der Waals surface area contributed by atoms with E-state index in [0.29, 0.717) is 24.6 Å². The molecule has 6 nitrogen and oxygen atoms in total. The van der Waals surface area contributed by atoms with Gasteiger partial charge in [0, 0.05) is 23.8 Å². The minimum Gasteiger partial charge on any atom is -0.306 e. The van der Waals surface area contributed by atoms with E-state index >= 15 is 0 Å². The third kappa shape index (κ3) is 2.65. The summed E-state index contributed by atoms with van der Waals surface area (Å²) in [5, 5.41) is 4.60. The molecule has 5 rings (SSSR count). The fourth-order valence-corrected chi connectivity index (χ4v) is 5.84. The smallest absolute Gasteiger partial charge is 0.278 e. The summed E-state index contributed by atoms with van der Waals surface area (Å²) < 4.78 is 25.6. The van der Waals surface area contributed by atoms with E-state index < -0.39 is 9.84 Å². The Bertz CT molecular complexity index is 991. The average molecular weight is 371 g/mol. The first kappa shape index (κ1) is 16.1. The Morgan fingerprint density at radius 2 is 1.96 bits per heavy atom. The van der Waals surface area contributed by atoms with Crippen molar-refractivity contribution in [2.24, 2.45) is 0 Å². The van der Waals surface area contributed by atoms with Gasteiger partial charge in [0.05, 0.1) is 17.5 Å². The number of amides is 1. The van der Waals surface area contributed by atoms with Crippen molar-refractivity contribution >= 4 is 21.4 Å². The van der Waals surface area contributed by atoms with E-state index in [1.807, 2.05) is 28.9 Å². The van der Waals surface area contributed by atoms with Crippen molar-refractivity contribution in [1.29, 1.82) is 0 Å². The first-order valence-corrected chi connectivity index (χ1v) is 11.0. The summed E-state index contributed by atoms with van der Waals surface area (Å²) in [6, 6.07) is 9.73. The van der Waals surface area contributed by atoms with Gasteiger partial charge in [-0.25, -0.2) is 8.42 Å². The third-order valence-corrected chi connectivity index (χ3v) is 7.42. The number of aromatic nitrogens is 2. The molecule has 0 N–H and O–H groups in total. The fraction of sp³-hybridized carbons (Fsp3) is 0.474. The summed E-state index contributed by atoms with van der Waals surface area (Å²) in [5.41, 5.74) is 3.61. The Labute approximate surface area is 152 Å². The van der Waals surface area contributed by atoms with Gasteiger partial charge >= 0.3 is 0 Å². The van der Waals surface area contributed by atoms with Crippen molar-refractivity contribution in [3.63, 3.8) is 0 Å². The molecule has 2 aromatic rings. The van der Waals surface area contributed by atoms with Crippen molar-refractivity contribution in [2.75, 3.05) is 23.0 Å². The van der Waals surface area contributed by atoms with Crippen LogP contribution >= 0.6 is 0 Å². The van der Waals surface area contributed by atoms with Gasteiger partial charge in [-0.05, 0) is 43.4 Å². The van der Waals surface area contributed by atoms with E-state index in [1.54, 1.807) is 4.90 Å². The molecular weight excluding hydrogens is 350 g/mol. The van der Waals surface area contributed by atoms with Crippen molar-refractivity contribution in [3.8, 4) is 0 Å². The van der Waals surface area contributed by atoms with Gasteiger partial charge in [-0.1, -0.05) is 18.2 Å². The molecular formula is C19H21N3O3S. The molecule has 1 aliphatic carbocycles. The van der Waals surface area contributed by atoms with Gasteiger partial charge in [0.2, 0.25) is 0 Å². The molecule has 0 unspecified atom stereocenters. The van der Waals surface area contributed by atoms with Gasteiger partial charge in [0.15, 0.2) is 15.5 Å². The van der Waals surface area contributed by atoms with Crippen LogP contribution in [0, 0.1) is 0 Å². The Kier molecular flexibility index (Phi) is 3.50. The van der Waals surface area contributed by atoms with Crippen LogP contribution < -0.4 is 4.90 Å². The van der Waals surface area contributed by atoms with Crippen LogP contribution in [0.4, 0.5) is 5.69 Å². The van der Waals surface area contributed by atoms with Gasteiger partial charge < -0.3 is 4.90 Å². The second-order valence-electron chi connectivity index (χ2n) is 7.57. The maximum atomic E-state index is 13.1. The Morgan fingerprint density at radius 1 is 1.15 bits per heavy atom. The van der Waals surface area contributed by atoms with Crippen LogP contribution in [0.5, 0.6) is 0 Å². The van der Waals surface area contributed by atoms with E-state index in [-0.39, 0.29) is 23.5 Å². The zero-order chi connectivity index (χ0) is 17.9. The minimum absolute atomic E-state index is 0.0866. The Morgan fingerprint density at radius 3 is 2.69 bits per heavy atom. The highest BCUT2D eigenvalue weighted by Crippen LogP contribution is 2.42. The van der Waals surface area contributed by atoms with E-state index in [1.165, 1.54) is 5.56 Å². The van der Waals surface area contributed by atoms with Crippen LogP contribution in [-0.4, -0.2) is 42.2 Å². The number of carbonyl (C=O) groups is 1. The average Bonchev–Trinajstić information content (AvgIpc) is 3.07. The SMILES string of the molecule is O=C(c1cc(C2CC2)n([C@@H]2CCS(=O)(=O)C2)n1)N1CCc2ccccc21. The largest absolute Gasteiger partial charge is 0.306 e. The first-order valence-electron chi connectivity index (χ1n) is 9.21. The van der Waals surface area contributed by atoms with Crippen LogP contribution in [0.1, 0.15) is 53.0 Å². The van der Waals surface area contributed by atoms with Crippen molar-refractivity contribution in [2.45, 2.75) is 37.6 Å². The lowest BCUT2D eigenvalue weighted by molar-refractivity contribution is 0.0983. The number of rotatable bonds is 3. The Balaban J connectivity index is 1.49. The summed E-state index contributed by atoms with van der Waals surface area (Å²) in [7, 11) is -2.99. The van der Waals surface area contributed by atoms with E-state index in [9.17, 15) is 13.2 Å². The number of carbonyl (C=O) groups excluding carboxylic acids is 1. The molecule has 1 aromatic carbocycles. The third-order valence-electron chi connectivity index (χ3n) is 5.67. The molecule has 26 heavy (non-hydrogen) atoms. The topological polar surface area (TPSA) is 72.3 Å². The second-order valence-corrected chi connectivity index (χ2v) is 9.79. The van der Waals surface area contributed by atoms with Crippen molar-refractivity contribution in [3.05, 3.63) is 47.3 Å². The van der Waals surface area contributed by atoms with Gasteiger partial charge in [-0.3, -0.25) is 9.48 Å². The Hall–Kier alpha value is -2.15. The molecule has 1 atom stereocenters. The molecule has 136 valence electrons. The maximum absolute atomic E-state index is 13.1. The molecule has 1 aromatic heterocycles. The van der Waals surface area contributed by atoms with Gasteiger partial charge in [0.1, 0.15) is 0 Å². The lowest BCUT2D eigenvalue weighted by atomic mass is 10.2. The fourth-order valence-electron chi connectivity index (χ4n) is 4.15. The zero-order valence-electron chi connectivity index (χ0n) is 14.5. The monoisotopic (exact) mass is 371 g/mol. The van der Waals surface area contributed by atoms with Crippen LogP contribution in [0.2, 0.25) is 0 Å². The number of hydrogen-bond donors (Lipinski definition) is 0. The number of sulfone groups is 1. The number of fused-ring (bicyclic) bond motifs is 1. The molecule has 0 bridgehead atoms. The number of benzene rings is 1. The normalized spacial score (nSPS) is 24.0. The molecule has 2 fully saturated rings. The summed E-state index contributed by atoms with van der Waals surface area (Å²) in [6.45, 7) is 0.668. The molecule has 3 heterocycles. The van der Waals surface area contributed by atoms with E-state index in [0.717, 1.165) is 30.6 Å². The van der Waals surface area contributed by atoms with Crippen LogP contribution in [0.3, 0.4) is 0 Å². The highest BCUT2D eigenvalue weighted by Gasteiger charge is 2.37. The molecule has 7 heteroatoms. The summed E-state index contributed by atoms with van der Waals surface area (Å²) in [4.78, 5) is 14.9. The zero-order valence-corrected chi connectivity index (χ0v) is 15.3.